The number of amides is 1. The van der Waals surface area contributed by atoms with E-state index in [1.807, 2.05) is 11.0 Å². The minimum Gasteiger partial charge on any atom is -0.340 e. The normalized spacial score (nSPS) is 15.5. The Bertz CT molecular complexity index is 688. The predicted molar refractivity (Wildman–Crippen MR) is 97.9 cm³/mol. The molecule has 0 bridgehead atoms. The predicted octanol–water partition coefficient (Wildman–Crippen LogP) is 3.19. The molecule has 0 aliphatic carbocycles. The van der Waals surface area contributed by atoms with Crippen LogP contribution in [-0.2, 0) is 17.8 Å². The summed E-state index contributed by atoms with van der Waals surface area (Å²) < 4.78 is 0. The lowest BCUT2D eigenvalue weighted by atomic mass is 10.0. The maximum Gasteiger partial charge on any atom is 0.227 e. The molecule has 0 atom stereocenters. The highest BCUT2D eigenvalue weighted by Gasteiger charge is 2.21. The fraction of sp³-hybridized carbons (Fsp3) is 0.381. The third-order valence-electron chi connectivity index (χ3n) is 4.81. The van der Waals surface area contributed by atoms with E-state index in [4.69, 9.17) is 0 Å². The van der Waals surface area contributed by atoms with E-state index in [1.165, 1.54) is 16.7 Å². The molecule has 126 valence electrons. The van der Waals surface area contributed by atoms with Gasteiger partial charge >= 0.3 is 0 Å². The second-order valence-electron chi connectivity index (χ2n) is 6.75. The first-order chi connectivity index (χ1) is 11.6. The first-order valence-electron chi connectivity index (χ1n) is 8.72. The standard InChI is InChI=1S/C21H26N2O/c1-17-8-9-20(18(2)14-17)15-21(24)23-12-10-22(11-13-23)16-19-6-4-3-5-7-19/h3-9,14H,10-13,15-16H2,1-2H3. The van der Waals surface area contributed by atoms with Crippen LogP contribution in [0.2, 0.25) is 0 Å². The Hall–Kier alpha value is -2.13. The summed E-state index contributed by atoms with van der Waals surface area (Å²) >= 11 is 0. The molecule has 1 saturated heterocycles. The smallest absolute Gasteiger partial charge is 0.227 e. The van der Waals surface area contributed by atoms with Gasteiger partial charge in [-0.15, -0.1) is 0 Å². The summed E-state index contributed by atoms with van der Waals surface area (Å²) in [6.45, 7) is 8.71. The number of carbonyl (C=O) groups is 1. The van der Waals surface area contributed by atoms with Crippen LogP contribution < -0.4 is 0 Å². The van der Waals surface area contributed by atoms with Gasteiger partial charge in [-0.25, -0.2) is 0 Å². The summed E-state index contributed by atoms with van der Waals surface area (Å²) in [5.74, 6) is 0.251. The van der Waals surface area contributed by atoms with Gasteiger partial charge in [-0.1, -0.05) is 54.1 Å². The lowest BCUT2D eigenvalue weighted by molar-refractivity contribution is -0.132. The number of carbonyl (C=O) groups excluding carboxylic acids is 1. The fourth-order valence-corrected chi connectivity index (χ4v) is 3.32. The Balaban J connectivity index is 1.51. The molecule has 1 fully saturated rings. The van der Waals surface area contributed by atoms with Crippen LogP contribution in [-0.4, -0.2) is 41.9 Å². The molecule has 0 unspecified atom stereocenters. The van der Waals surface area contributed by atoms with E-state index < -0.39 is 0 Å². The number of nitrogens with zero attached hydrogens (tertiary/aromatic N) is 2. The van der Waals surface area contributed by atoms with Gasteiger partial charge in [0.15, 0.2) is 0 Å². The molecule has 2 aromatic carbocycles. The first-order valence-corrected chi connectivity index (χ1v) is 8.72. The highest BCUT2D eigenvalue weighted by molar-refractivity contribution is 5.79. The van der Waals surface area contributed by atoms with E-state index in [1.54, 1.807) is 0 Å². The summed E-state index contributed by atoms with van der Waals surface area (Å²) in [5, 5.41) is 0. The monoisotopic (exact) mass is 322 g/mol. The van der Waals surface area contributed by atoms with Crippen molar-refractivity contribution in [1.29, 1.82) is 0 Å². The number of piperazine rings is 1. The summed E-state index contributed by atoms with van der Waals surface area (Å²) in [6, 6.07) is 16.9. The average molecular weight is 322 g/mol. The van der Waals surface area contributed by atoms with Crippen LogP contribution in [0, 0.1) is 13.8 Å². The topological polar surface area (TPSA) is 23.6 Å². The van der Waals surface area contributed by atoms with Crippen LogP contribution in [0.1, 0.15) is 22.3 Å². The van der Waals surface area contributed by atoms with Crippen molar-refractivity contribution in [2.24, 2.45) is 0 Å². The first kappa shape index (κ1) is 16.7. The fourth-order valence-electron chi connectivity index (χ4n) is 3.32. The summed E-state index contributed by atoms with van der Waals surface area (Å²) in [4.78, 5) is 17.0. The van der Waals surface area contributed by atoms with Crippen molar-refractivity contribution in [3.63, 3.8) is 0 Å². The number of hydrogen-bond donors (Lipinski definition) is 0. The van der Waals surface area contributed by atoms with E-state index in [-0.39, 0.29) is 5.91 Å². The molecule has 0 spiro atoms. The van der Waals surface area contributed by atoms with Gasteiger partial charge in [0.25, 0.3) is 0 Å². The molecular weight excluding hydrogens is 296 g/mol. The molecule has 0 aromatic heterocycles. The minimum atomic E-state index is 0.251. The van der Waals surface area contributed by atoms with E-state index in [0.717, 1.165) is 38.3 Å². The third kappa shape index (κ3) is 4.24. The molecule has 1 aliphatic heterocycles. The maximum atomic E-state index is 12.6. The molecule has 24 heavy (non-hydrogen) atoms. The van der Waals surface area contributed by atoms with E-state index in [2.05, 4.69) is 61.2 Å². The van der Waals surface area contributed by atoms with Crippen LogP contribution in [0.3, 0.4) is 0 Å². The summed E-state index contributed by atoms with van der Waals surface area (Å²) in [5.41, 5.74) is 4.95. The quantitative estimate of drug-likeness (QED) is 0.863. The van der Waals surface area contributed by atoms with Crippen molar-refractivity contribution >= 4 is 5.91 Å². The third-order valence-corrected chi connectivity index (χ3v) is 4.81. The van der Waals surface area contributed by atoms with Crippen molar-refractivity contribution in [1.82, 2.24) is 9.80 Å². The van der Waals surface area contributed by atoms with Crippen molar-refractivity contribution in [2.45, 2.75) is 26.8 Å². The zero-order valence-corrected chi connectivity index (χ0v) is 14.7. The van der Waals surface area contributed by atoms with Gasteiger partial charge in [0, 0.05) is 32.7 Å². The van der Waals surface area contributed by atoms with Gasteiger partial charge in [-0.3, -0.25) is 9.69 Å². The van der Waals surface area contributed by atoms with E-state index in [9.17, 15) is 4.79 Å². The van der Waals surface area contributed by atoms with Crippen molar-refractivity contribution in [2.75, 3.05) is 26.2 Å². The van der Waals surface area contributed by atoms with Gasteiger partial charge in [0.05, 0.1) is 6.42 Å². The highest BCUT2D eigenvalue weighted by atomic mass is 16.2. The molecular formula is C21H26N2O. The van der Waals surface area contributed by atoms with Gasteiger partial charge in [0.2, 0.25) is 5.91 Å². The second-order valence-corrected chi connectivity index (χ2v) is 6.75. The Morgan fingerprint density at radius 3 is 2.33 bits per heavy atom. The van der Waals surface area contributed by atoms with Crippen LogP contribution >= 0.6 is 0 Å². The van der Waals surface area contributed by atoms with Crippen molar-refractivity contribution in [3.8, 4) is 0 Å². The maximum absolute atomic E-state index is 12.6. The molecule has 3 rings (SSSR count). The van der Waals surface area contributed by atoms with Gasteiger partial charge in [-0.05, 0) is 30.5 Å². The molecule has 1 amide bonds. The molecule has 0 saturated carbocycles. The summed E-state index contributed by atoms with van der Waals surface area (Å²) in [6.07, 6.45) is 0.519. The van der Waals surface area contributed by atoms with Gasteiger partial charge in [-0.2, -0.15) is 0 Å². The lowest BCUT2D eigenvalue weighted by Crippen LogP contribution is -2.48. The zero-order valence-electron chi connectivity index (χ0n) is 14.7. The Morgan fingerprint density at radius 2 is 1.67 bits per heavy atom. The number of aryl methyl sites for hydroxylation is 2. The van der Waals surface area contributed by atoms with E-state index in [0.29, 0.717) is 6.42 Å². The van der Waals surface area contributed by atoms with Crippen LogP contribution in [0.4, 0.5) is 0 Å². The average Bonchev–Trinajstić information content (AvgIpc) is 2.59. The van der Waals surface area contributed by atoms with Crippen LogP contribution in [0.5, 0.6) is 0 Å². The lowest BCUT2D eigenvalue weighted by Gasteiger charge is -2.35. The van der Waals surface area contributed by atoms with Crippen LogP contribution in [0.15, 0.2) is 48.5 Å². The second kappa shape index (κ2) is 7.63. The number of benzene rings is 2. The van der Waals surface area contributed by atoms with Gasteiger partial charge < -0.3 is 4.90 Å². The molecule has 0 N–H and O–H groups in total. The molecule has 3 nitrogen and oxygen atoms in total. The van der Waals surface area contributed by atoms with Crippen LogP contribution in [0.25, 0.3) is 0 Å². The highest BCUT2D eigenvalue weighted by Crippen LogP contribution is 2.14. The Labute approximate surface area is 144 Å². The molecule has 1 aliphatic rings. The Kier molecular flexibility index (Phi) is 5.31. The van der Waals surface area contributed by atoms with Gasteiger partial charge in [0.1, 0.15) is 0 Å². The number of rotatable bonds is 4. The zero-order chi connectivity index (χ0) is 16.9. The number of hydrogen-bond acceptors (Lipinski definition) is 2. The summed E-state index contributed by atoms with van der Waals surface area (Å²) in [7, 11) is 0. The minimum absolute atomic E-state index is 0.251. The molecule has 1 heterocycles. The van der Waals surface area contributed by atoms with Crippen molar-refractivity contribution < 1.29 is 4.79 Å². The Morgan fingerprint density at radius 1 is 0.958 bits per heavy atom. The molecule has 3 heteroatoms. The molecule has 2 aromatic rings. The molecule has 0 radical (unpaired) electrons. The van der Waals surface area contributed by atoms with Crippen molar-refractivity contribution in [3.05, 3.63) is 70.8 Å². The van der Waals surface area contributed by atoms with E-state index >= 15 is 0 Å². The largest absolute Gasteiger partial charge is 0.340 e. The SMILES string of the molecule is Cc1ccc(CC(=O)N2CCN(Cc3ccccc3)CC2)c(C)c1.